The summed E-state index contributed by atoms with van der Waals surface area (Å²) < 4.78 is 21.3. The number of hydrogen-bond donors (Lipinski definition) is 1. The molecule has 1 heterocycles. The van der Waals surface area contributed by atoms with E-state index in [1.54, 1.807) is 6.92 Å². The molecular weight excluding hydrogens is 392 g/mol. The van der Waals surface area contributed by atoms with Crippen LogP contribution in [-0.2, 0) is 32.1 Å². The van der Waals surface area contributed by atoms with Crippen molar-refractivity contribution in [3.63, 3.8) is 0 Å². The molecule has 0 spiro atoms. The minimum atomic E-state index is -0.871. The van der Waals surface area contributed by atoms with Crippen molar-refractivity contribution in [2.24, 2.45) is 0 Å². The quantitative estimate of drug-likeness (QED) is 0.266. The first-order valence-electron chi connectivity index (χ1n) is 9.56. The van der Waals surface area contributed by atoms with Gasteiger partial charge < -0.3 is 24.1 Å². The average Bonchev–Trinajstić information content (AvgIpc) is 3.08. The average molecular weight is 418 g/mol. The Morgan fingerprint density at radius 1 is 1.23 bits per heavy atom. The van der Waals surface area contributed by atoms with Crippen molar-refractivity contribution in [1.29, 1.82) is 0 Å². The topological polar surface area (TPSA) is 108 Å². The molecule has 0 unspecified atom stereocenters. The first-order chi connectivity index (χ1) is 14.3. The van der Waals surface area contributed by atoms with Crippen LogP contribution in [0.4, 0.5) is 0 Å². The zero-order valence-corrected chi connectivity index (χ0v) is 17.6. The number of rotatable bonds is 10. The van der Waals surface area contributed by atoms with Gasteiger partial charge in [0.25, 0.3) is 0 Å². The maximum Gasteiger partial charge on any atom is 0.342 e. The Labute approximate surface area is 175 Å². The number of benzene rings is 1. The van der Waals surface area contributed by atoms with Crippen LogP contribution in [-0.4, -0.2) is 36.7 Å². The molecule has 1 aliphatic rings. The fraction of sp³-hybridized carbons (Fsp3) is 0.409. The van der Waals surface area contributed by atoms with Gasteiger partial charge in [0.1, 0.15) is 23.7 Å². The summed E-state index contributed by atoms with van der Waals surface area (Å²) >= 11 is 0. The van der Waals surface area contributed by atoms with Gasteiger partial charge in [-0.25, -0.2) is 9.59 Å². The second kappa shape index (κ2) is 10.5. The van der Waals surface area contributed by atoms with Gasteiger partial charge in [-0.2, -0.15) is 0 Å². The Hall–Kier alpha value is -3.29. The van der Waals surface area contributed by atoms with Gasteiger partial charge in [0.2, 0.25) is 0 Å². The molecule has 1 aromatic carbocycles. The summed E-state index contributed by atoms with van der Waals surface area (Å²) in [5.74, 6) is -1.15. The van der Waals surface area contributed by atoms with E-state index in [0.29, 0.717) is 35.3 Å². The van der Waals surface area contributed by atoms with Crippen molar-refractivity contribution in [3.05, 3.63) is 46.2 Å². The SMILES string of the molecule is CCOC(=O)C=COc1c(CC=C(C)CCC(=O)O)c(OC)c(C)c2c1C(=O)OC2. The summed E-state index contributed by atoms with van der Waals surface area (Å²) in [7, 11) is 1.52. The van der Waals surface area contributed by atoms with E-state index >= 15 is 0 Å². The van der Waals surface area contributed by atoms with Gasteiger partial charge in [-0.1, -0.05) is 11.6 Å². The van der Waals surface area contributed by atoms with Gasteiger partial charge in [0.15, 0.2) is 0 Å². The molecule has 30 heavy (non-hydrogen) atoms. The fourth-order valence-corrected chi connectivity index (χ4v) is 3.17. The number of hydrogen-bond acceptors (Lipinski definition) is 7. The van der Waals surface area contributed by atoms with E-state index in [4.69, 9.17) is 24.1 Å². The third-order valence-electron chi connectivity index (χ3n) is 4.69. The molecular formula is C22H26O8. The Kier molecular flexibility index (Phi) is 8.03. The lowest BCUT2D eigenvalue weighted by Crippen LogP contribution is -2.07. The monoisotopic (exact) mass is 418 g/mol. The third-order valence-corrected chi connectivity index (χ3v) is 4.69. The maximum absolute atomic E-state index is 12.4. The first kappa shape index (κ1) is 23.0. The number of aliphatic carboxylic acids is 1. The smallest absolute Gasteiger partial charge is 0.342 e. The molecule has 0 aliphatic carbocycles. The molecule has 1 N–H and O–H groups in total. The minimum absolute atomic E-state index is 0.0284. The van der Waals surface area contributed by atoms with Crippen LogP contribution in [0.5, 0.6) is 11.5 Å². The van der Waals surface area contributed by atoms with Crippen molar-refractivity contribution in [1.82, 2.24) is 0 Å². The van der Waals surface area contributed by atoms with E-state index in [-0.39, 0.29) is 25.4 Å². The van der Waals surface area contributed by atoms with Crippen LogP contribution < -0.4 is 9.47 Å². The molecule has 0 aromatic heterocycles. The summed E-state index contributed by atoms with van der Waals surface area (Å²) in [5, 5.41) is 8.86. The maximum atomic E-state index is 12.4. The molecule has 0 atom stereocenters. The van der Waals surface area contributed by atoms with Crippen molar-refractivity contribution in [2.45, 2.75) is 46.6 Å². The Bertz CT molecular complexity index is 895. The highest BCUT2D eigenvalue weighted by Gasteiger charge is 2.33. The van der Waals surface area contributed by atoms with Gasteiger partial charge in [-0.05, 0) is 39.2 Å². The standard InChI is InChI=1S/C22H26O8/c1-5-28-18(25)10-11-29-21-15(8-6-13(2)7-9-17(23)24)20(27-4)14(3)16-12-30-22(26)19(16)21/h6,10-11H,5,7-9,12H2,1-4H3,(H,23,24). The number of cyclic esters (lactones) is 1. The van der Waals surface area contributed by atoms with Crippen LogP contribution in [0.15, 0.2) is 24.0 Å². The van der Waals surface area contributed by atoms with Crippen LogP contribution in [0.1, 0.15) is 53.7 Å². The molecule has 1 aliphatic heterocycles. The summed E-state index contributed by atoms with van der Waals surface area (Å²) in [5.41, 5.74) is 3.23. The van der Waals surface area contributed by atoms with Gasteiger partial charge in [-0.3, -0.25) is 4.79 Å². The van der Waals surface area contributed by atoms with E-state index in [1.807, 2.05) is 19.9 Å². The number of carbonyl (C=O) groups excluding carboxylic acids is 2. The molecule has 0 fully saturated rings. The predicted octanol–water partition coefficient (Wildman–Crippen LogP) is 3.48. The molecule has 0 amide bonds. The molecule has 8 heteroatoms. The van der Waals surface area contributed by atoms with E-state index in [1.165, 1.54) is 13.4 Å². The highest BCUT2D eigenvalue weighted by atomic mass is 16.5. The molecule has 8 nitrogen and oxygen atoms in total. The lowest BCUT2D eigenvalue weighted by atomic mass is 9.94. The lowest BCUT2D eigenvalue weighted by Gasteiger charge is -2.18. The zero-order chi connectivity index (χ0) is 22.3. The van der Waals surface area contributed by atoms with Crippen LogP contribution in [0.3, 0.4) is 0 Å². The summed E-state index contributed by atoms with van der Waals surface area (Å²) in [4.78, 5) is 34.7. The number of methoxy groups -OCH3 is 1. The fourth-order valence-electron chi connectivity index (χ4n) is 3.17. The van der Waals surface area contributed by atoms with Gasteiger partial charge >= 0.3 is 17.9 Å². The van der Waals surface area contributed by atoms with Gasteiger partial charge in [0.05, 0.1) is 26.1 Å². The second-order valence-corrected chi connectivity index (χ2v) is 6.72. The molecule has 162 valence electrons. The van der Waals surface area contributed by atoms with E-state index < -0.39 is 17.9 Å². The van der Waals surface area contributed by atoms with Crippen LogP contribution >= 0.6 is 0 Å². The number of allylic oxidation sites excluding steroid dienone is 2. The van der Waals surface area contributed by atoms with Crippen LogP contribution in [0, 0.1) is 6.92 Å². The molecule has 0 bridgehead atoms. The minimum Gasteiger partial charge on any atom is -0.496 e. The number of esters is 2. The lowest BCUT2D eigenvalue weighted by molar-refractivity contribution is -0.138. The van der Waals surface area contributed by atoms with E-state index in [0.717, 1.165) is 17.2 Å². The number of carboxylic acids is 1. The van der Waals surface area contributed by atoms with Crippen LogP contribution in [0.25, 0.3) is 0 Å². The molecule has 0 saturated heterocycles. The molecule has 0 radical (unpaired) electrons. The third kappa shape index (κ3) is 5.40. The van der Waals surface area contributed by atoms with Crippen molar-refractivity contribution >= 4 is 17.9 Å². The first-order valence-corrected chi connectivity index (χ1v) is 9.56. The number of carboxylic acid groups (broad SMARTS) is 1. The van der Waals surface area contributed by atoms with Crippen molar-refractivity contribution in [2.75, 3.05) is 13.7 Å². The molecule has 0 saturated carbocycles. The molecule has 2 rings (SSSR count). The summed E-state index contributed by atoms with van der Waals surface area (Å²) in [6, 6.07) is 0. The number of fused-ring (bicyclic) bond motifs is 1. The summed E-state index contributed by atoms with van der Waals surface area (Å²) in [6.45, 7) is 5.71. The Morgan fingerprint density at radius 2 is 1.97 bits per heavy atom. The highest BCUT2D eigenvalue weighted by molar-refractivity contribution is 5.98. The number of ether oxygens (including phenoxy) is 4. The van der Waals surface area contributed by atoms with Crippen molar-refractivity contribution in [3.8, 4) is 11.5 Å². The molecule has 1 aromatic rings. The van der Waals surface area contributed by atoms with Gasteiger partial charge in [0, 0.05) is 17.5 Å². The zero-order valence-electron chi connectivity index (χ0n) is 17.6. The van der Waals surface area contributed by atoms with E-state index in [2.05, 4.69) is 0 Å². The Morgan fingerprint density at radius 3 is 2.60 bits per heavy atom. The van der Waals surface area contributed by atoms with Crippen molar-refractivity contribution < 1.29 is 38.4 Å². The highest BCUT2D eigenvalue weighted by Crippen LogP contribution is 2.43. The largest absolute Gasteiger partial charge is 0.496 e. The number of carbonyl (C=O) groups is 3. The Balaban J connectivity index is 2.47. The normalized spacial score (nSPS) is 13.2. The second-order valence-electron chi connectivity index (χ2n) is 6.72. The van der Waals surface area contributed by atoms with E-state index in [9.17, 15) is 14.4 Å². The summed E-state index contributed by atoms with van der Waals surface area (Å²) in [6.07, 6.45) is 4.94. The van der Waals surface area contributed by atoms with Gasteiger partial charge in [-0.15, -0.1) is 0 Å². The van der Waals surface area contributed by atoms with Crippen LogP contribution in [0.2, 0.25) is 0 Å². The predicted molar refractivity (Wildman–Crippen MR) is 108 cm³/mol.